The summed E-state index contributed by atoms with van der Waals surface area (Å²) in [5.41, 5.74) is 2.47. The highest BCUT2D eigenvalue weighted by atomic mass is 35.5. The summed E-state index contributed by atoms with van der Waals surface area (Å²) in [4.78, 5) is 17.7. The van der Waals surface area contributed by atoms with Gasteiger partial charge in [0, 0.05) is 35.3 Å². The highest BCUT2D eigenvalue weighted by Crippen LogP contribution is 2.37. The van der Waals surface area contributed by atoms with Gasteiger partial charge in [0.2, 0.25) is 0 Å². The van der Waals surface area contributed by atoms with E-state index in [1.807, 2.05) is 24.3 Å². The number of methoxy groups -OCH3 is 4. The molecule has 36 heavy (non-hydrogen) atoms. The van der Waals surface area contributed by atoms with Crippen LogP contribution in [0.15, 0.2) is 54.7 Å². The Labute approximate surface area is 218 Å². The van der Waals surface area contributed by atoms with Gasteiger partial charge in [-0.3, -0.25) is 9.78 Å². The second-order valence-electron chi connectivity index (χ2n) is 7.81. The fraction of sp³-hybridized carbons (Fsp3) is 0.185. The third-order valence-electron chi connectivity index (χ3n) is 5.75. The van der Waals surface area contributed by atoms with Crippen molar-refractivity contribution < 1.29 is 23.7 Å². The van der Waals surface area contributed by atoms with Crippen LogP contribution in [0.1, 0.15) is 21.6 Å². The van der Waals surface area contributed by atoms with Crippen LogP contribution in [-0.4, -0.2) is 39.3 Å². The average Bonchev–Trinajstić information content (AvgIpc) is 2.90. The zero-order chi connectivity index (χ0) is 25.8. The maximum atomic E-state index is 13.1. The lowest BCUT2D eigenvalue weighted by Crippen LogP contribution is -2.14. The maximum Gasteiger partial charge on any atom is 0.255 e. The largest absolute Gasteiger partial charge is 0.493 e. The van der Waals surface area contributed by atoms with E-state index in [0.717, 1.165) is 22.0 Å². The molecule has 1 N–H and O–H groups in total. The quantitative estimate of drug-likeness (QED) is 0.285. The van der Waals surface area contributed by atoms with E-state index < -0.39 is 0 Å². The molecule has 4 rings (SSSR count). The third kappa shape index (κ3) is 5.12. The summed E-state index contributed by atoms with van der Waals surface area (Å²) in [7, 11) is 6.28. The van der Waals surface area contributed by atoms with E-state index in [9.17, 15) is 4.79 Å². The van der Waals surface area contributed by atoms with Gasteiger partial charge in [0.25, 0.3) is 5.91 Å². The highest BCUT2D eigenvalue weighted by Gasteiger charge is 2.18. The molecule has 0 bridgehead atoms. The Morgan fingerprint density at radius 3 is 2.11 bits per heavy atom. The Balaban J connectivity index is 1.78. The summed E-state index contributed by atoms with van der Waals surface area (Å²) in [6, 6.07) is 14.0. The monoisotopic (exact) mass is 526 g/mol. The van der Waals surface area contributed by atoms with Gasteiger partial charge in [-0.25, -0.2) is 0 Å². The summed E-state index contributed by atoms with van der Waals surface area (Å²) in [6.07, 6.45) is 2.13. The Kier molecular flexibility index (Phi) is 7.72. The van der Waals surface area contributed by atoms with Gasteiger partial charge < -0.3 is 24.3 Å². The summed E-state index contributed by atoms with van der Waals surface area (Å²) in [6.45, 7) is 0. The van der Waals surface area contributed by atoms with Crippen molar-refractivity contribution >= 4 is 45.6 Å². The number of pyridine rings is 1. The van der Waals surface area contributed by atoms with Crippen LogP contribution in [0, 0.1) is 0 Å². The van der Waals surface area contributed by atoms with Crippen LogP contribution in [-0.2, 0) is 6.42 Å². The number of aromatic nitrogens is 1. The number of ether oxygens (including phenoxy) is 4. The Bertz CT molecular complexity index is 1440. The molecule has 9 heteroatoms. The normalized spacial score (nSPS) is 10.7. The van der Waals surface area contributed by atoms with E-state index in [2.05, 4.69) is 10.3 Å². The second kappa shape index (κ2) is 10.9. The fourth-order valence-electron chi connectivity index (χ4n) is 3.90. The smallest absolute Gasteiger partial charge is 0.255 e. The number of hydrogen-bond donors (Lipinski definition) is 1. The lowest BCUT2D eigenvalue weighted by atomic mass is 10.0. The molecule has 1 amide bonds. The molecule has 0 saturated carbocycles. The first-order valence-corrected chi connectivity index (χ1v) is 11.6. The molecule has 0 radical (unpaired) electrons. The molecule has 186 valence electrons. The SMILES string of the molecule is COc1cc(Cc2nccc3cc(OC)c(OC)cc23)c(NC(=O)c2ccc(Cl)c(Cl)c2)cc1OC. The van der Waals surface area contributed by atoms with E-state index in [1.165, 1.54) is 13.2 Å². The predicted octanol–water partition coefficient (Wildman–Crippen LogP) is 6.42. The van der Waals surface area contributed by atoms with E-state index in [1.54, 1.807) is 45.7 Å². The number of fused-ring (bicyclic) bond motifs is 1. The minimum absolute atomic E-state index is 0.293. The second-order valence-corrected chi connectivity index (χ2v) is 8.62. The number of carbonyl (C=O) groups excluding carboxylic acids is 1. The average molecular weight is 527 g/mol. The molecule has 0 saturated heterocycles. The minimum atomic E-state index is -0.348. The molecule has 0 fully saturated rings. The van der Waals surface area contributed by atoms with E-state index in [0.29, 0.717) is 50.7 Å². The predicted molar refractivity (Wildman–Crippen MR) is 142 cm³/mol. The van der Waals surface area contributed by atoms with Crippen LogP contribution in [0.5, 0.6) is 23.0 Å². The molecule has 0 aliphatic heterocycles. The van der Waals surface area contributed by atoms with Crippen molar-refractivity contribution in [2.24, 2.45) is 0 Å². The molecule has 3 aromatic carbocycles. The lowest BCUT2D eigenvalue weighted by molar-refractivity contribution is 0.102. The number of benzene rings is 3. The molecule has 1 heterocycles. The minimum Gasteiger partial charge on any atom is -0.493 e. The number of nitrogens with one attached hydrogen (secondary N) is 1. The van der Waals surface area contributed by atoms with Crippen molar-refractivity contribution in [1.82, 2.24) is 4.98 Å². The number of hydrogen-bond acceptors (Lipinski definition) is 6. The van der Waals surface area contributed by atoms with Gasteiger partial charge in [-0.15, -0.1) is 0 Å². The van der Waals surface area contributed by atoms with Crippen LogP contribution in [0.25, 0.3) is 10.8 Å². The Morgan fingerprint density at radius 1 is 0.806 bits per heavy atom. The van der Waals surface area contributed by atoms with Crippen molar-refractivity contribution in [2.45, 2.75) is 6.42 Å². The molecular weight excluding hydrogens is 503 g/mol. The van der Waals surface area contributed by atoms with E-state index in [-0.39, 0.29) is 5.91 Å². The number of amides is 1. The summed E-state index contributed by atoms with van der Waals surface area (Å²) in [5, 5.41) is 5.46. The zero-order valence-electron chi connectivity index (χ0n) is 20.1. The van der Waals surface area contributed by atoms with Crippen LogP contribution in [0.2, 0.25) is 10.0 Å². The molecule has 0 spiro atoms. The standard InChI is InChI=1S/C27H24Cl2N2O5/c1-33-23-11-15-7-8-30-22(18(15)13-25(23)35-3)10-17-12-24(34-2)26(36-4)14-21(17)31-27(32)16-5-6-19(28)20(29)9-16/h5-9,11-14H,10H2,1-4H3,(H,31,32). The van der Waals surface area contributed by atoms with Crippen LogP contribution < -0.4 is 24.3 Å². The molecular formula is C27H24Cl2N2O5. The van der Waals surface area contributed by atoms with Crippen molar-refractivity contribution in [3.8, 4) is 23.0 Å². The van der Waals surface area contributed by atoms with Gasteiger partial charge in [0.15, 0.2) is 23.0 Å². The van der Waals surface area contributed by atoms with Crippen molar-refractivity contribution in [3.05, 3.63) is 81.6 Å². The number of carbonyl (C=O) groups is 1. The molecule has 1 aromatic heterocycles. The maximum absolute atomic E-state index is 13.1. The summed E-state index contributed by atoms with van der Waals surface area (Å²) >= 11 is 12.1. The molecule has 7 nitrogen and oxygen atoms in total. The Hall–Kier alpha value is -3.68. The van der Waals surface area contributed by atoms with Crippen molar-refractivity contribution in [2.75, 3.05) is 33.8 Å². The molecule has 4 aromatic rings. The number of anilines is 1. The van der Waals surface area contributed by atoms with E-state index >= 15 is 0 Å². The summed E-state index contributed by atoms with van der Waals surface area (Å²) < 4.78 is 21.9. The molecule has 0 atom stereocenters. The van der Waals surface area contributed by atoms with Gasteiger partial charge in [0.1, 0.15) is 0 Å². The first-order chi connectivity index (χ1) is 17.4. The first-order valence-electron chi connectivity index (χ1n) is 10.9. The highest BCUT2D eigenvalue weighted by molar-refractivity contribution is 6.42. The topological polar surface area (TPSA) is 78.9 Å². The van der Waals surface area contributed by atoms with Crippen LogP contribution in [0.4, 0.5) is 5.69 Å². The van der Waals surface area contributed by atoms with Gasteiger partial charge in [0.05, 0.1) is 44.2 Å². The number of nitrogens with zero attached hydrogens (tertiary/aromatic N) is 1. The Morgan fingerprint density at radius 2 is 1.44 bits per heavy atom. The first kappa shape index (κ1) is 25.4. The van der Waals surface area contributed by atoms with Crippen molar-refractivity contribution in [3.63, 3.8) is 0 Å². The van der Waals surface area contributed by atoms with Gasteiger partial charge in [-0.1, -0.05) is 23.2 Å². The van der Waals surface area contributed by atoms with Crippen molar-refractivity contribution in [1.29, 1.82) is 0 Å². The molecule has 0 unspecified atom stereocenters. The van der Waals surface area contributed by atoms with E-state index in [4.69, 9.17) is 42.1 Å². The molecule has 0 aliphatic carbocycles. The van der Waals surface area contributed by atoms with Crippen LogP contribution in [0.3, 0.4) is 0 Å². The molecule has 0 aliphatic rings. The van der Waals surface area contributed by atoms with Gasteiger partial charge in [-0.05, 0) is 53.4 Å². The summed E-state index contributed by atoms with van der Waals surface area (Å²) in [5.74, 6) is 1.88. The number of rotatable bonds is 8. The lowest BCUT2D eigenvalue weighted by Gasteiger charge is -2.17. The fourth-order valence-corrected chi connectivity index (χ4v) is 4.19. The number of halogens is 2. The zero-order valence-corrected chi connectivity index (χ0v) is 21.7. The van der Waals surface area contributed by atoms with Gasteiger partial charge in [-0.2, -0.15) is 0 Å². The third-order valence-corrected chi connectivity index (χ3v) is 6.49. The van der Waals surface area contributed by atoms with Gasteiger partial charge >= 0.3 is 0 Å². The van der Waals surface area contributed by atoms with Crippen LogP contribution >= 0.6 is 23.2 Å².